The van der Waals surface area contributed by atoms with Gasteiger partial charge in [-0.25, -0.2) is 0 Å². The third-order valence-electron chi connectivity index (χ3n) is 5.69. The molecule has 0 N–H and O–H groups in total. The lowest BCUT2D eigenvalue weighted by atomic mass is 9.82. The minimum atomic E-state index is -0.554. The second-order valence-corrected chi connectivity index (χ2v) is 12.9. The molecule has 26 heavy (non-hydrogen) atoms. The number of ether oxygens (including phenoxy) is 2. The van der Waals surface area contributed by atoms with Crippen molar-refractivity contribution in [3.63, 3.8) is 0 Å². The molecule has 1 aliphatic carbocycles. The zero-order chi connectivity index (χ0) is 20.0. The van der Waals surface area contributed by atoms with E-state index in [-0.39, 0.29) is 18.0 Å². The van der Waals surface area contributed by atoms with Gasteiger partial charge in [-0.3, -0.25) is 4.79 Å². The normalized spacial score (nSPS) is 22.8. The Morgan fingerprint density at radius 1 is 0.923 bits per heavy atom. The van der Waals surface area contributed by atoms with Gasteiger partial charge < -0.3 is 13.9 Å². The van der Waals surface area contributed by atoms with Crippen LogP contribution in [0.4, 0.5) is 0 Å². The van der Waals surface area contributed by atoms with Crippen LogP contribution in [0.2, 0.25) is 5.04 Å². The number of hydrogen-bond donors (Lipinski definition) is 0. The Bertz CT molecular complexity index is 426. The topological polar surface area (TPSA) is 44.8 Å². The summed E-state index contributed by atoms with van der Waals surface area (Å²) < 4.78 is 17.5. The Morgan fingerprint density at radius 3 is 2.00 bits per heavy atom. The van der Waals surface area contributed by atoms with Gasteiger partial charge in [-0.1, -0.05) is 34.6 Å². The predicted molar refractivity (Wildman–Crippen MR) is 110 cm³/mol. The molecule has 0 aromatic carbocycles. The first-order valence-corrected chi connectivity index (χ1v) is 11.5. The average molecular weight is 387 g/mol. The van der Waals surface area contributed by atoms with Gasteiger partial charge in [0, 0.05) is 13.2 Å². The number of carbonyl (C=O) groups excluding carboxylic acids is 1. The third-order valence-corrected chi connectivity index (χ3v) is 7.97. The van der Waals surface area contributed by atoms with Crippen LogP contribution in [-0.4, -0.2) is 40.7 Å². The second kappa shape index (κ2) is 9.70. The van der Waals surface area contributed by atoms with E-state index in [1.807, 2.05) is 20.8 Å². The summed E-state index contributed by atoms with van der Waals surface area (Å²) in [4.78, 5) is 12.1. The molecule has 0 radical (unpaired) electrons. The smallest absolute Gasteiger partial charge is 0.309 e. The number of rotatable bonds is 8. The maximum atomic E-state index is 12.1. The molecule has 1 saturated carbocycles. The van der Waals surface area contributed by atoms with Crippen molar-refractivity contribution in [3.05, 3.63) is 0 Å². The first-order chi connectivity index (χ1) is 11.8. The van der Waals surface area contributed by atoms with E-state index in [1.54, 1.807) is 0 Å². The molecule has 1 rings (SSSR count). The predicted octanol–water partition coefficient (Wildman–Crippen LogP) is 4.64. The van der Waals surface area contributed by atoms with E-state index in [1.165, 1.54) is 0 Å². The van der Waals surface area contributed by atoms with Gasteiger partial charge in [0.2, 0.25) is 0 Å². The molecule has 4 nitrogen and oxygen atoms in total. The van der Waals surface area contributed by atoms with Gasteiger partial charge in [0.1, 0.15) is 5.60 Å². The summed E-state index contributed by atoms with van der Waals surface area (Å²) in [5, 5.41) is 0.300. The molecular weight excluding hydrogens is 344 g/mol. The van der Waals surface area contributed by atoms with Crippen molar-refractivity contribution in [1.82, 2.24) is 0 Å². The van der Waals surface area contributed by atoms with Crippen LogP contribution in [0.1, 0.15) is 87.5 Å². The first kappa shape index (κ1) is 23.6. The van der Waals surface area contributed by atoms with Crippen molar-refractivity contribution < 1.29 is 18.7 Å². The summed E-state index contributed by atoms with van der Waals surface area (Å²) in [5.74, 6) is -0.00110. The van der Waals surface area contributed by atoms with E-state index in [0.717, 1.165) is 45.3 Å². The lowest BCUT2D eigenvalue weighted by molar-refractivity contribution is -0.162. The molecule has 0 aromatic heterocycles. The number of carbonyl (C=O) groups is 1. The van der Waals surface area contributed by atoms with Crippen molar-refractivity contribution in [2.75, 3.05) is 13.2 Å². The van der Waals surface area contributed by atoms with Crippen LogP contribution >= 0.6 is 0 Å². The number of hydrogen-bond acceptors (Lipinski definition) is 4. The highest BCUT2D eigenvalue weighted by Gasteiger charge is 2.33. The van der Waals surface area contributed by atoms with Gasteiger partial charge >= 0.3 is 5.97 Å². The Hall–Kier alpha value is -0.393. The van der Waals surface area contributed by atoms with Gasteiger partial charge in [-0.05, 0) is 63.3 Å². The van der Waals surface area contributed by atoms with Gasteiger partial charge in [0.05, 0.1) is 12.0 Å². The van der Waals surface area contributed by atoms with Gasteiger partial charge in [0.15, 0.2) is 9.76 Å². The Kier molecular flexibility index (Phi) is 8.82. The van der Waals surface area contributed by atoms with Crippen LogP contribution in [0.15, 0.2) is 0 Å². The first-order valence-electron chi connectivity index (χ1n) is 10.2. The fourth-order valence-electron chi connectivity index (χ4n) is 2.81. The third kappa shape index (κ3) is 8.53. The largest absolute Gasteiger partial charge is 0.460 e. The molecule has 0 bridgehead atoms. The summed E-state index contributed by atoms with van der Waals surface area (Å²) >= 11 is 0. The molecule has 1 aliphatic rings. The Balaban J connectivity index is 2.13. The highest BCUT2D eigenvalue weighted by atomic mass is 28.2. The fraction of sp³-hybridized carbons (Fsp3) is 0.952. The summed E-state index contributed by atoms with van der Waals surface area (Å²) in [6.45, 7) is 18.8. The summed E-state index contributed by atoms with van der Waals surface area (Å²) in [6, 6.07) is 0. The van der Waals surface area contributed by atoms with Crippen LogP contribution in [-0.2, 0) is 18.7 Å². The van der Waals surface area contributed by atoms with Gasteiger partial charge in [-0.15, -0.1) is 0 Å². The number of esters is 1. The standard InChI is InChI=1S/C21H42O4Si/c1-19(2,3)21(7,8)26-24-15-9-14-23-17-12-10-16(11-13-17)18(22)25-20(4,5)6/h16-17H,9-15,26H2,1-8H3/t16-,17+. The van der Waals surface area contributed by atoms with Crippen LogP contribution in [0.5, 0.6) is 0 Å². The van der Waals surface area contributed by atoms with Gasteiger partial charge in [-0.2, -0.15) is 0 Å². The lowest BCUT2D eigenvalue weighted by Crippen LogP contribution is -2.32. The minimum absolute atomic E-state index is 0.0445. The van der Waals surface area contributed by atoms with E-state index in [0.29, 0.717) is 10.5 Å². The highest BCUT2D eigenvalue weighted by Crippen LogP contribution is 2.43. The fourth-order valence-corrected chi connectivity index (χ4v) is 4.10. The molecule has 0 amide bonds. The molecule has 0 spiro atoms. The van der Waals surface area contributed by atoms with Crippen LogP contribution in [0.25, 0.3) is 0 Å². The van der Waals surface area contributed by atoms with E-state index in [4.69, 9.17) is 13.9 Å². The molecule has 0 aromatic rings. The summed E-state index contributed by atoms with van der Waals surface area (Å²) in [5.41, 5.74) is -0.0994. The molecule has 0 unspecified atom stereocenters. The van der Waals surface area contributed by atoms with E-state index < -0.39 is 15.4 Å². The Labute approximate surface area is 163 Å². The van der Waals surface area contributed by atoms with E-state index in [9.17, 15) is 4.79 Å². The molecule has 1 fully saturated rings. The van der Waals surface area contributed by atoms with Crippen molar-refractivity contribution in [1.29, 1.82) is 0 Å². The van der Waals surface area contributed by atoms with Crippen LogP contribution in [0.3, 0.4) is 0 Å². The zero-order valence-corrected chi connectivity index (χ0v) is 19.9. The zero-order valence-electron chi connectivity index (χ0n) is 18.4. The molecule has 0 atom stereocenters. The quantitative estimate of drug-likeness (QED) is 0.346. The summed E-state index contributed by atoms with van der Waals surface area (Å²) in [6.07, 6.45) is 4.91. The lowest BCUT2D eigenvalue weighted by Gasteiger charge is -2.38. The minimum Gasteiger partial charge on any atom is -0.460 e. The average Bonchev–Trinajstić information content (AvgIpc) is 2.48. The van der Waals surface area contributed by atoms with Crippen molar-refractivity contribution >= 4 is 15.7 Å². The van der Waals surface area contributed by atoms with Crippen molar-refractivity contribution in [2.45, 2.75) is 104 Å². The monoisotopic (exact) mass is 386 g/mol. The molecular formula is C21H42O4Si. The molecule has 5 heteroatoms. The molecule has 0 aliphatic heterocycles. The van der Waals surface area contributed by atoms with E-state index in [2.05, 4.69) is 34.6 Å². The van der Waals surface area contributed by atoms with Crippen molar-refractivity contribution in [3.8, 4) is 0 Å². The highest BCUT2D eigenvalue weighted by molar-refractivity contribution is 6.32. The van der Waals surface area contributed by atoms with E-state index >= 15 is 0 Å². The summed E-state index contributed by atoms with van der Waals surface area (Å²) in [7, 11) is -0.554. The van der Waals surface area contributed by atoms with Crippen LogP contribution in [0, 0.1) is 11.3 Å². The molecule has 0 heterocycles. The van der Waals surface area contributed by atoms with Crippen molar-refractivity contribution in [2.24, 2.45) is 11.3 Å². The molecule has 154 valence electrons. The SMILES string of the molecule is CC(C)(C)OC(=O)[C@H]1CC[C@@H](OCCCO[SiH2]C(C)(C)C(C)(C)C)CC1. The molecule has 0 saturated heterocycles. The van der Waals surface area contributed by atoms with Gasteiger partial charge in [0.25, 0.3) is 0 Å². The second-order valence-electron chi connectivity index (χ2n) is 10.4. The maximum Gasteiger partial charge on any atom is 0.309 e. The van der Waals surface area contributed by atoms with Crippen LogP contribution < -0.4 is 0 Å². The maximum absolute atomic E-state index is 12.1. The Morgan fingerprint density at radius 2 is 1.50 bits per heavy atom.